The summed E-state index contributed by atoms with van der Waals surface area (Å²) in [4.78, 5) is 19.0. The molecule has 2 N–H and O–H groups in total. The number of aromatic nitrogens is 1. The number of benzene rings is 2. The molecule has 1 aliphatic carbocycles. The fourth-order valence-corrected chi connectivity index (χ4v) is 4.13. The second-order valence-electron chi connectivity index (χ2n) is 7.09. The Morgan fingerprint density at radius 3 is 2.62 bits per heavy atom. The Labute approximate surface area is 152 Å². The number of hydrogen-bond acceptors (Lipinski definition) is 3. The third-order valence-corrected chi connectivity index (χ3v) is 5.54. The van der Waals surface area contributed by atoms with Crippen LogP contribution in [-0.2, 0) is 0 Å². The third-order valence-electron chi connectivity index (χ3n) is 5.54. The average molecular weight is 344 g/mol. The number of nitrogens with one attached hydrogen (secondary N) is 2. The molecule has 2 atom stereocenters. The number of amides is 2. The Hall–Kier alpha value is -3.08. The fraction of sp³-hybridized carbons (Fsp3) is 0.238. The standard InChI is InChI=1S/C21H20N4O/c26-21(23-19-8-4-5-14-11-22-10-9-16(14)19)24-20-17-12-25(13-18(17)20)15-6-2-1-3-7-15/h1-11,17-18,20H,12-13H2,(H2,23,24,26). The SMILES string of the molecule is O=C(Nc1cccc2cnccc12)NC1C2CN(c3ccccc3)CC21. The van der Waals surface area contributed by atoms with E-state index in [-0.39, 0.29) is 12.1 Å². The highest BCUT2D eigenvalue weighted by atomic mass is 16.2. The molecule has 2 unspecified atom stereocenters. The zero-order chi connectivity index (χ0) is 17.5. The van der Waals surface area contributed by atoms with Gasteiger partial charge in [-0.25, -0.2) is 4.79 Å². The lowest BCUT2D eigenvalue weighted by molar-refractivity contribution is 0.250. The zero-order valence-corrected chi connectivity index (χ0v) is 14.3. The molecule has 5 rings (SSSR count). The van der Waals surface area contributed by atoms with Gasteiger partial charge in [0, 0.05) is 59.8 Å². The van der Waals surface area contributed by atoms with Gasteiger partial charge in [-0.1, -0.05) is 30.3 Å². The van der Waals surface area contributed by atoms with Crippen LogP contribution in [0.4, 0.5) is 16.2 Å². The molecule has 1 saturated carbocycles. The molecule has 5 nitrogen and oxygen atoms in total. The van der Waals surface area contributed by atoms with Gasteiger partial charge in [0.1, 0.15) is 0 Å². The van der Waals surface area contributed by atoms with E-state index >= 15 is 0 Å². The summed E-state index contributed by atoms with van der Waals surface area (Å²) >= 11 is 0. The Morgan fingerprint density at radius 2 is 1.81 bits per heavy atom. The van der Waals surface area contributed by atoms with Gasteiger partial charge in [-0.2, -0.15) is 0 Å². The first-order chi connectivity index (χ1) is 12.8. The average Bonchev–Trinajstić information content (AvgIpc) is 3.12. The maximum Gasteiger partial charge on any atom is 0.319 e. The van der Waals surface area contributed by atoms with Crippen LogP contribution in [0, 0.1) is 11.8 Å². The minimum absolute atomic E-state index is 0.125. The Kier molecular flexibility index (Phi) is 3.52. The molecule has 1 aliphatic heterocycles. The van der Waals surface area contributed by atoms with Crippen LogP contribution < -0.4 is 15.5 Å². The summed E-state index contributed by atoms with van der Waals surface area (Å²) in [7, 11) is 0. The second-order valence-corrected chi connectivity index (χ2v) is 7.09. The van der Waals surface area contributed by atoms with E-state index in [1.807, 2.05) is 36.5 Å². The van der Waals surface area contributed by atoms with Crippen LogP contribution in [0.25, 0.3) is 10.8 Å². The van der Waals surface area contributed by atoms with E-state index in [1.54, 1.807) is 6.20 Å². The number of pyridine rings is 1. The summed E-state index contributed by atoms with van der Waals surface area (Å²) in [5.74, 6) is 1.11. The fourth-order valence-electron chi connectivity index (χ4n) is 4.13. The van der Waals surface area contributed by atoms with E-state index in [9.17, 15) is 4.79 Å². The number of piperidine rings is 1. The van der Waals surface area contributed by atoms with E-state index < -0.39 is 0 Å². The topological polar surface area (TPSA) is 57.3 Å². The Balaban J connectivity index is 1.21. The van der Waals surface area contributed by atoms with E-state index in [1.165, 1.54) is 5.69 Å². The highest BCUT2D eigenvalue weighted by Gasteiger charge is 2.56. The Bertz CT molecular complexity index is 941. The zero-order valence-electron chi connectivity index (χ0n) is 14.3. The quantitative estimate of drug-likeness (QED) is 0.765. The van der Waals surface area contributed by atoms with Crippen molar-refractivity contribution in [1.29, 1.82) is 0 Å². The van der Waals surface area contributed by atoms with Gasteiger partial charge in [-0.3, -0.25) is 4.98 Å². The molecule has 0 spiro atoms. The largest absolute Gasteiger partial charge is 0.371 e. The number of fused-ring (bicyclic) bond motifs is 2. The molecule has 26 heavy (non-hydrogen) atoms. The summed E-state index contributed by atoms with van der Waals surface area (Å²) in [5, 5.41) is 8.17. The van der Waals surface area contributed by atoms with Crippen LogP contribution in [0.2, 0.25) is 0 Å². The van der Waals surface area contributed by atoms with Crippen LogP contribution in [0.5, 0.6) is 0 Å². The predicted octanol–water partition coefficient (Wildman–Crippen LogP) is 3.49. The van der Waals surface area contributed by atoms with Crippen molar-refractivity contribution in [2.24, 2.45) is 11.8 Å². The molecule has 1 saturated heterocycles. The molecule has 2 heterocycles. The maximum atomic E-state index is 12.4. The lowest BCUT2D eigenvalue weighted by atomic mass is 10.1. The molecule has 2 amide bonds. The van der Waals surface area contributed by atoms with Gasteiger partial charge in [0.05, 0.1) is 5.69 Å². The van der Waals surface area contributed by atoms with Crippen molar-refractivity contribution in [3.63, 3.8) is 0 Å². The first-order valence-electron chi connectivity index (χ1n) is 9.00. The Morgan fingerprint density at radius 1 is 1.00 bits per heavy atom. The lowest BCUT2D eigenvalue weighted by Gasteiger charge is -2.22. The van der Waals surface area contributed by atoms with Crippen LogP contribution >= 0.6 is 0 Å². The van der Waals surface area contributed by atoms with Gasteiger partial charge in [0.25, 0.3) is 0 Å². The lowest BCUT2D eigenvalue weighted by Crippen LogP contribution is -2.37. The van der Waals surface area contributed by atoms with Crippen LogP contribution in [0.15, 0.2) is 67.0 Å². The van der Waals surface area contributed by atoms with Gasteiger partial charge in [-0.05, 0) is 24.3 Å². The van der Waals surface area contributed by atoms with Gasteiger partial charge in [0.2, 0.25) is 0 Å². The molecular formula is C21H20N4O. The van der Waals surface area contributed by atoms with Crippen LogP contribution in [0.1, 0.15) is 0 Å². The van der Waals surface area contributed by atoms with E-state index in [2.05, 4.69) is 44.8 Å². The number of nitrogens with zero attached hydrogens (tertiary/aromatic N) is 2. The number of anilines is 2. The summed E-state index contributed by atoms with van der Waals surface area (Å²) in [6, 6.07) is 18.4. The molecule has 0 bridgehead atoms. The summed E-state index contributed by atoms with van der Waals surface area (Å²) in [6.07, 6.45) is 3.55. The normalized spacial score (nSPS) is 23.5. The van der Waals surface area contributed by atoms with E-state index in [0.29, 0.717) is 11.8 Å². The second kappa shape index (κ2) is 6.02. The van der Waals surface area contributed by atoms with Crippen molar-refractivity contribution >= 4 is 28.2 Å². The summed E-state index contributed by atoms with van der Waals surface area (Å²) in [5.41, 5.74) is 2.09. The van der Waals surface area contributed by atoms with Crippen molar-refractivity contribution in [2.45, 2.75) is 6.04 Å². The minimum atomic E-state index is -0.125. The first-order valence-corrected chi connectivity index (χ1v) is 9.00. The van der Waals surface area contributed by atoms with Crippen LogP contribution in [0.3, 0.4) is 0 Å². The molecule has 5 heteroatoms. The molecule has 2 aliphatic rings. The molecule has 3 aromatic rings. The number of rotatable bonds is 3. The number of carbonyl (C=O) groups excluding carboxylic acids is 1. The highest BCUT2D eigenvalue weighted by Crippen LogP contribution is 2.46. The number of hydrogen-bond donors (Lipinski definition) is 2. The number of carbonyl (C=O) groups is 1. The van der Waals surface area contributed by atoms with Crippen molar-refractivity contribution < 1.29 is 4.79 Å². The predicted molar refractivity (Wildman–Crippen MR) is 103 cm³/mol. The molecule has 1 aromatic heterocycles. The molecule has 130 valence electrons. The maximum absolute atomic E-state index is 12.4. The van der Waals surface area contributed by atoms with Crippen molar-refractivity contribution in [2.75, 3.05) is 23.3 Å². The van der Waals surface area contributed by atoms with E-state index in [4.69, 9.17) is 0 Å². The molecule has 2 aromatic carbocycles. The smallest absolute Gasteiger partial charge is 0.319 e. The minimum Gasteiger partial charge on any atom is -0.371 e. The summed E-state index contributed by atoms with van der Waals surface area (Å²) in [6.45, 7) is 2.03. The van der Waals surface area contributed by atoms with Gasteiger partial charge in [-0.15, -0.1) is 0 Å². The van der Waals surface area contributed by atoms with Crippen molar-refractivity contribution in [3.8, 4) is 0 Å². The third kappa shape index (κ3) is 2.65. The summed E-state index contributed by atoms with van der Waals surface area (Å²) < 4.78 is 0. The first kappa shape index (κ1) is 15.2. The van der Waals surface area contributed by atoms with Gasteiger partial charge < -0.3 is 15.5 Å². The van der Waals surface area contributed by atoms with E-state index in [0.717, 1.165) is 29.5 Å². The monoisotopic (exact) mass is 344 g/mol. The number of para-hydroxylation sites is 1. The molecular weight excluding hydrogens is 324 g/mol. The van der Waals surface area contributed by atoms with Crippen LogP contribution in [-0.4, -0.2) is 30.1 Å². The van der Waals surface area contributed by atoms with Gasteiger partial charge >= 0.3 is 6.03 Å². The molecule has 0 radical (unpaired) electrons. The van der Waals surface area contributed by atoms with Gasteiger partial charge in [0.15, 0.2) is 0 Å². The number of urea groups is 1. The van der Waals surface area contributed by atoms with Crippen molar-refractivity contribution in [3.05, 3.63) is 67.0 Å². The van der Waals surface area contributed by atoms with Crippen molar-refractivity contribution in [1.82, 2.24) is 10.3 Å². The highest BCUT2D eigenvalue weighted by molar-refractivity contribution is 6.01. The molecule has 2 fully saturated rings.